The van der Waals surface area contributed by atoms with E-state index in [1.54, 1.807) is 37.3 Å². The van der Waals surface area contributed by atoms with Crippen LogP contribution in [0.25, 0.3) is 0 Å². The molecule has 0 fully saturated rings. The van der Waals surface area contributed by atoms with Crippen molar-refractivity contribution >= 4 is 29.2 Å². The molecule has 0 bridgehead atoms. The zero-order chi connectivity index (χ0) is 25.5. The summed E-state index contributed by atoms with van der Waals surface area (Å²) in [5, 5.41) is 23.5. The highest BCUT2D eigenvalue weighted by molar-refractivity contribution is 6.14. The van der Waals surface area contributed by atoms with Gasteiger partial charge in [0.2, 0.25) is 5.91 Å². The van der Waals surface area contributed by atoms with Gasteiger partial charge in [0.25, 0.3) is 5.69 Å². The Morgan fingerprint density at radius 2 is 1.69 bits per heavy atom. The van der Waals surface area contributed by atoms with Gasteiger partial charge in [-0.25, -0.2) is 9.18 Å². The number of ketones is 1. The van der Waals surface area contributed by atoms with Crippen LogP contribution in [-0.4, -0.2) is 38.8 Å². The lowest BCUT2D eigenvalue weighted by Gasteiger charge is -2.28. The molecule has 3 aromatic rings. The third-order valence-electron chi connectivity index (χ3n) is 5.34. The summed E-state index contributed by atoms with van der Waals surface area (Å²) in [5.74, 6) is -2.43. The first-order valence-corrected chi connectivity index (χ1v) is 10.6. The van der Waals surface area contributed by atoms with Gasteiger partial charge in [-0.2, -0.15) is 0 Å². The van der Waals surface area contributed by atoms with Crippen LogP contribution in [-0.2, 0) is 11.3 Å². The van der Waals surface area contributed by atoms with Gasteiger partial charge in [-0.1, -0.05) is 49.4 Å². The van der Waals surface area contributed by atoms with Crippen LogP contribution in [0.4, 0.5) is 20.6 Å². The second-order valence-electron chi connectivity index (χ2n) is 7.61. The molecule has 1 unspecified atom stereocenters. The van der Waals surface area contributed by atoms with E-state index in [0.29, 0.717) is 5.56 Å². The molecule has 35 heavy (non-hydrogen) atoms. The van der Waals surface area contributed by atoms with Gasteiger partial charge < -0.3 is 10.4 Å². The molecule has 2 N–H and O–H groups in total. The number of halogens is 1. The van der Waals surface area contributed by atoms with Gasteiger partial charge >= 0.3 is 6.09 Å². The molecule has 9 nitrogen and oxygen atoms in total. The van der Waals surface area contributed by atoms with Gasteiger partial charge in [-0.05, 0) is 30.2 Å². The minimum Gasteiger partial charge on any atom is -0.465 e. The van der Waals surface area contributed by atoms with Crippen LogP contribution in [0.3, 0.4) is 0 Å². The van der Waals surface area contributed by atoms with Crippen molar-refractivity contribution < 1.29 is 28.8 Å². The fraction of sp³-hybridized carbons (Fsp3) is 0.160. The average Bonchev–Trinajstić information content (AvgIpc) is 2.84. The number of rotatable bonds is 9. The van der Waals surface area contributed by atoms with Crippen LogP contribution >= 0.6 is 0 Å². The maximum atomic E-state index is 14.2. The second kappa shape index (κ2) is 11.0. The number of amides is 2. The highest BCUT2D eigenvalue weighted by Gasteiger charge is 2.30. The van der Waals surface area contributed by atoms with E-state index in [4.69, 9.17) is 0 Å². The zero-order valence-corrected chi connectivity index (χ0v) is 18.7. The lowest BCUT2D eigenvalue weighted by Crippen LogP contribution is -2.46. The van der Waals surface area contributed by atoms with Gasteiger partial charge in [-0.3, -0.25) is 24.6 Å². The Balaban J connectivity index is 1.96. The number of benzene rings is 3. The summed E-state index contributed by atoms with van der Waals surface area (Å²) in [4.78, 5) is 49.7. The number of hydrogen-bond donors (Lipinski definition) is 2. The van der Waals surface area contributed by atoms with E-state index < -0.39 is 40.3 Å². The molecule has 0 aliphatic carbocycles. The fourth-order valence-electron chi connectivity index (χ4n) is 3.59. The molecule has 3 rings (SSSR count). The molecule has 0 aliphatic heterocycles. The summed E-state index contributed by atoms with van der Waals surface area (Å²) in [6.45, 7) is 1.58. The quantitative estimate of drug-likeness (QED) is 0.256. The molecule has 0 spiro atoms. The summed E-state index contributed by atoms with van der Waals surface area (Å²) < 4.78 is 14.2. The molecule has 3 aromatic carbocycles. The maximum absolute atomic E-state index is 14.2. The van der Waals surface area contributed by atoms with Gasteiger partial charge in [0.15, 0.2) is 5.78 Å². The normalized spacial score (nSPS) is 11.4. The standard InChI is InChI=1S/C25H22FN3O6/c1-2-22(28(25(32)33)15-16-8-4-3-5-9-16)24(31)27-21-13-12-17(29(34)35)14-19(21)23(30)18-10-6-7-11-20(18)26/h3-14,22H,2,15H2,1H3,(H,27,31)(H,32,33). The number of carbonyl (C=O) groups excluding carboxylic acids is 2. The molecule has 0 saturated carbocycles. The third-order valence-corrected chi connectivity index (χ3v) is 5.34. The van der Waals surface area contributed by atoms with E-state index >= 15 is 0 Å². The number of nitrogens with zero attached hydrogens (tertiary/aromatic N) is 2. The van der Waals surface area contributed by atoms with E-state index in [-0.39, 0.29) is 29.8 Å². The number of anilines is 1. The van der Waals surface area contributed by atoms with E-state index in [2.05, 4.69) is 5.32 Å². The summed E-state index contributed by atoms with van der Waals surface area (Å²) in [5.41, 5.74) is -0.473. The molecule has 1 atom stereocenters. The van der Waals surface area contributed by atoms with Crippen molar-refractivity contribution in [3.63, 3.8) is 0 Å². The predicted octanol–water partition coefficient (Wildman–Crippen LogP) is 4.86. The molecule has 180 valence electrons. The predicted molar refractivity (Wildman–Crippen MR) is 126 cm³/mol. The molecular weight excluding hydrogens is 457 g/mol. The second-order valence-corrected chi connectivity index (χ2v) is 7.61. The Labute approximate surface area is 200 Å². The van der Waals surface area contributed by atoms with Gasteiger partial charge in [-0.15, -0.1) is 0 Å². The van der Waals surface area contributed by atoms with E-state index in [1.807, 2.05) is 0 Å². The lowest BCUT2D eigenvalue weighted by atomic mass is 10.00. The van der Waals surface area contributed by atoms with Crippen LogP contribution in [0.5, 0.6) is 0 Å². The third kappa shape index (κ3) is 5.85. The Morgan fingerprint density at radius 1 is 1.03 bits per heavy atom. The molecule has 0 heterocycles. The summed E-state index contributed by atoms with van der Waals surface area (Å²) >= 11 is 0. The lowest BCUT2D eigenvalue weighted by molar-refractivity contribution is -0.384. The smallest absolute Gasteiger partial charge is 0.408 e. The van der Waals surface area contributed by atoms with Gasteiger partial charge in [0, 0.05) is 18.7 Å². The monoisotopic (exact) mass is 479 g/mol. The van der Waals surface area contributed by atoms with Crippen molar-refractivity contribution in [2.24, 2.45) is 0 Å². The van der Waals surface area contributed by atoms with Gasteiger partial charge in [0.1, 0.15) is 11.9 Å². The maximum Gasteiger partial charge on any atom is 0.408 e. The van der Waals surface area contributed by atoms with Crippen molar-refractivity contribution in [1.29, 1.82) is 0 Å². The Kier molecular flexibility index (Phi) is 7.88. The SMILES string of the molecule is CCC(C(=O)Nc1ccc([N+](=O)[O-])cc1C(=O)c1ccccc1F)N(Cc1ccccc1)C(=O)O. The summed E-state index contributed by atoms with van der Waals surface area (Å²) in [7, 11) is 0. The first-order chi connectivity index (χ1) is 16.7. The Morgan fingerprint density at radius 3 is 2.29 bits per heavy atom. The Hall–Kier alpha value is -4.60. The molecule has 0 aliphatic rings. The van der Waals surface area contributed by atoms with Crippen LogP contribution in [0.2, 0.25) is 0 Å². The topological polar surface area (TPSA) is 130 Å². The first-order valence-electron chi connectivity index (χ1n) is 10.6. The fourth-order valence-corrected chi connectivity index (χ4v) is 3.59. The van der Waals surface area contributed by atoms with Crippen molar-refractivity contribution in [3.05, 3.63) is 105 Å². The minimum absolute atomic E-state index is 0.0522. The number of nitrogens with one attached hydrogen (secondary N) is 1. The van der Waals surface area contributed by atoms with Crippen LogP contribution in [0.1, 0.15) is 34.8 Å². The van der Waals surface area contributed by atoms with E-state index in [9.17, 15) is 34.0 Å². The van der Waals surface area contributed by atoms with Crippen LogP contribution in [0, 0.1) is 15.9 Å². The number of nitro groups is 1. The number of non-ortho nitro benzene ring substituents is 1. The molecule has 0 saturated heterocycles. The van der Waals surface area contributed by atoms with Crippen molar-refractivity contribution in [1.82, 2.24) is 4.90 Å². The average molecular weight is 479 g/mol. The molecule has 0 aromatic heterocycles. The highest BCUT2D eigenvalue weighted by atomic mass is 19.1. The molecule has 10 heteroatoms. The van der Waals surface area contributed by atoms with E-state index in [0.717, 1.165) is 23.1 Å². The number of carbonyl (C=O) groups is 3. The molecular formula is C25H22FN3O6. The van der Waals surface area contributed by atoms with Crippen molar-refractivity contribution in [3.8, 4) is 0 Å². The first kappa shape index (κ1) is 25.0. The van der Waals surface area contributed by atoms with Crippen molar-refractivity contribution in [2.45, 2.75) is 25.9 Å². The van der Waals surface area contributed by atoms with Gasteiger partial charge in [0.05, 0.1) is 21.7 Å². The summed E-state index contributed by atoms with van der Waals surface area (Å²) in [6, 6.07) is 15.9. The van der Waals surface area contributed by atoms with Crippen LogP contribution in [0.15, 0.2) is 72.8 Å². The van der Waals surface area contributed by atoms with E-state index in [1.165, 1.54) is 24.3 Å². The number of carboxylic acid groups (broad SMARTS) is 1. The van der Waals surface area contributed by atoms with Crippen molar-refractivity contribution in [2.75, 3.05) is 5.32 Å². The molecule has 2 amide bonds. The largest absolute Gasteiger partial charge is 0.465 e. The summed E-state index contributed by atoms with van der Waals surface area (Å²) in [6.07, 6.45) is -1.20. The highest BCUT2D eigenvalue weighted by Crippen LogP contribution is 2.26. The zero-order valence-electron chi connectivity index (χ0n) is 18.7. The number of hydrogen-bond acceptors (Lipinski definition) is 5. The number of nitro benzene ring substituents is 1. The van der Waals surface area contributed by atoms with Crippen LogP contribution < -0.4 is 5.32 Å². The molecule has 0 radical (unpaired) electrons. The Bertz CT molecular complexity index is 1270. The minimum atomic E-state index is -1.32.